The fraction of sp³-hybridized carbons (Fsp3) is 0.333. The number of carbonyl (C=O) groups excluding carboxylic acids is 1. The van der Waals surface area contributed by atoms with Crippen molar-refractivity contribution in [3.63, 3.8) is 0 Å². The minimum atomic E-state index is -0.185. The van der Waals surface area contributed by atoms with E-state index in [0.29, 0.717) is 28.4 Å². The number of hydrogen-bond donors (Lipinski definition) is 2. The topological polar surface area (TPSA) is 57.3 Å². The molecule has 1 fully saturated rings. The molecule has 1 saturated heterocycles. The number of amides is 1. The van der Waals surface area contributed by atoms with Crippen molar-refractivity contribution < 1.29 is 4.79 Å². The number of para-hydroxylation sites is 1. The van der Waals surface area contributed by atoms with Crippen LogP contribution in [-0.4, -0.2) is 35.4 Å². The van der Waals surface area contributed by atoms with Crippen molar-refractivity contribution in [2.45, 2.75) is 32.7 Å². The monoisotopic (exact) mass is 462 g/mol. The Hall–Kier alpha value is -2.89. The Bertz CT molecular complexity index is 1060. The van der Waals surface area contributed by atoms with Gasteiger partial charge in [0.15, 0.2) is 0 Å². The van der Waals surface area contributed by atoms with Crippen LogP contribution in [0.25, 0.3) is 0 Å². The van der Waals surface area contributed by atoms with Crippen LogP contribution in [0.2, 0.25) is 5.02 Å². The molecule has 1 amide bonds. The largest absolute Gasteiger partial charge is 0.384 e. The lowest BCUT2D eigenvalue weighted by Crippen LogP contribution is -2.37. The highest BCUT2D eigenvalue weighted by Crippen LogP contribution is 2.27. The van der Waals surface area contributed by atoms with Gasteiger partial charge in [0.25, 0.3) is 5.91 Å². The Morgan fingerprint density at radius 3 is 2.52 bits per heavy atom. The summed E-state index contributed by atoms with van der Waals surface area (Å²) >= 11 is 5.88. The van der Waals surface area contributed by atoms with E-state index in [9.17, 15) is 4.79 Å². The Balaban J connectivity index is 1.30. The summed E-state index contributed by atoms with van der Waals surface area (Å²) in [6.07, 6.45) is 3.81. The molecule has 0 bridgehead atoms. The van der Waals surface area contributed by atoms with E-state index in [4.69, 9.17) is 11.6 Å². The maximum absolute atomic E-state index is 12.8. The van der Waals surface area contributed by atoms with Gasteiger partial charge in [0.2, 0.25) is 0 Å². The molecule has 4 rings (SSSR count). The van der Waals surface area contributed by atoms with E-state index in [1.54, 1.807) is 12.1 Å². The Labute approximate surface area is 201 Å². The molecule has 2 aromatic carbocycles. The molecule has 5 nitrogen and oxygen atoms in total. The molecule has 2 heterocycles. The molecule has 1 aromatic heterocycles. The first-order chi connectivity index (χ1) is 16.0. The number of nitrogens with zero attached hydrogens (tertiary/aromatic N) is 2. The summed E-state index contributed by atoms with van der Waals surface area (Å²) in [5.74, 6) is 0.879. The van der Waals surface area contributed by atoms with Crippen LogP contribution in [0.3, 0.4) is 0 Å². The molecular weight excluding hydrogens is 432 g/mol. The molecule has 2 N–H and O–H groups in total. The van der Waals surface area contributed by atoms with Crippen LogP contribution >= 0.6 is 11.6 Å². The smallest absolute Gasteiger partial charge is 0.258 e. The number of pyridine rings is 1. The number of rotatable bonds is 7. The van der Waals surface area contributed by atoms with Gasteiger partial charge in [0, 0.05) is 24.5 Å². The zero-order valence-electron chi connectivity index (χ0n) is 19.2. The predicted molar refractivity (Wildman–Crippen MR) is 136 cm³/mol. The Kier molecular flexibility index (Phi) is 7.63. The number of carbonyl (C=O) groups is 1. The molecule has 1 atom stereocenters. The van der Waals surface area contributed by atoms with Crippen molar-refractivity contribution in [1.82, 2.24) is 9.88 Å². The fourth-order valence-electron chi connectivity index (χ4n) is 4.32. The van der Waals surface area contributed by atoms with E-state index in [0.717, 1.165) is 38.2 Å². The maximum atomic E-state index is 12.8. The Morgan fingerprint density at radius 2 is 1.82 bits per heavy atom. The third-order valence-corrected chi connectivity index (χ3v) is 6.70. The lowest BCUT2D eigenvalue weighted by Gasteiger charge is -2.36. The second-order valence-corrected chi connectivity index (χ2v) is 9.24. The third-order valence-electron chi connectivity index (χ3n) is 6.48. The van der Waals surface area contributed by atoms with Crippen LogP contribution in [0.15, 0.2) is 66.9 Å². The number of piperidine rings is 1. The number of hydrogen-bond acceptors (Lipinski definition) is 4. The lowest BCUT2D eigenvalue weighted by molar-refractivity contribution is 0.102. The molecule has 1 aliphatic heterocycles. The normalized spacial score (nSPS) is 15.7. The van der Waals surface area contributed by atoms with Gasteiger partial charge in [-0.1, -0.05) is 53.6 Å². The highest BCUT2D eigenvalue weighted by molar-refractivity contribution is 6.30. The average molecular weight is 463 g/mol. The van der Waals surface area contributed by atoms with Crippen molar-refractivity contribution in [1.29, 1.82) is 0 Å². The van der Waals surface area contributed by atoms with Gasteiger partial charge in [-0.3, -0.25) is 9.69 Å². The second-order valence-electron chi connectivity index (χ2n) is 8.81. The van der Waals surface area contributed by atoms with Crippen molar-refractivity contribution in [2.24, 2.45) is 5.92 Å². The van der Waals surface area contributed by atoms with Crippen LogP contribution in [0, 0.1) is 12.8 Å². The van der Waals surface area contributed by atoms with Crippen LogP contribution < -0.4 is 10.6 Å². The van der Waals surface area contributed by atoms with Crippen molar-refractivity contribution in [2.75, 3.05) is 30.3 Å². The summed E-state index contributed by atoms with van der Waals surface area (Å²) in [7, 11) is 0. The zero-order valence-corrected chi connectivity index (χ0v) is 20.0. The number of halogens is 1. The van der Waals surface area contributed by atoms with E-state index in [1.807, 2.05) is 24.3 Å². The molecule has 6 heteroatoms. The number of nitrogens with one attached hydrogen (secondary N) is 2. The first kappa shape index (κ1) is 23.3. The standard InChI is InChI=1S/C27H31ClN4O/c1-19-7-9-22(10-8-19)20(2)32-15-13-21(14-16-32)17-29-25-6-4-3-5-24(25)27(33)31-26-12-11-23(28)18-30-26/h3-12,18,20-21,29H,13-17H2,1-2H3,(H,30,31,33)/t20-/m1/s1. The molecule has 33 heavy (non-hydrogen) atoms. The minimum absolute atomic E-state index is 0.185. The van der Waals surface area contributed by atoms with Gasteiger partial charge in [-0.05, 0) is 75.5 Å². The molecular formula is C27H31ClN4O. The molecule has 3 aromatic rings. The van der Waals surface area contributed by atoms with Gasteiger partial charge >= 0.3 is 0 Å². The van der Waals surface area contributed by atoms with E-state index in [1.165, 1.54) is 17.3 Å². The average Bonchev–Trinajstić information content (AvgIpc) is 2.85. The third kappa shape index (κ3) is 6.12. The van der Waals surface area contributed by atoms with Gasteiger partial charge in [-0.25, -0.2) is 4.98 Å². The number of benzene rings is 2. The summed E-state index contributed by atoms with van der Waals surface area (Å²) in [4.78, 5) is 19.5. The van der Waals surface area contributed by atoms with Gasteiger partial charge in [-0.2, -0.15) is 0 Å². The molecule has 0 saturated carbocycles. The summed E-state index contributed by atoms with van der Waals surface area (Å²) in [5, 5.41) is 6.90. The summed E-state index contributed by atoms with van der Waals surface area (Å²) in [5.41, 5.74) is 4.14. The first-order valence-electron chi connectivity index (χ1n) is 11.6. The fourth-order valence-corrected chi connectivity index (χ4v) is 4.43. The molecule has 0 radical (unpaired) electrons. The second kappa shape index (κ2) is 10.8. The molecule has 0 aliphatic carbocycles. The molecule has 0 unspecified atom stereocenters. The minimum Gasteiger partial charge on any atom is -0.384 e. The Morgan fingerprint density at radius 1 is 1.09 bits per heavy atom. The SMILES string of the molecule is Cc1ccc([C@@H](C)N2CCC(CNc3ccccc3C(=O)Nc3ccc(Cl)cn3)CC2)cc1. The summed E-state index contributed by atoms with van der Waals surface area (Å²) in [6, 6.07) is 20.3. The van der Waals surface area contributed by atoms with Gasteiger partial charge in [0.1, 0.15) is 5.82 Å². The lowest BCUT2D eigenvalue weighted by atomic mass is 9.94. The van der Waals surface area contributed by atoms with Crippen molar-refractivity contribution >= 4 is 29.0 Å². The van der Waals surface area contributed by atoms with Crippen LogP contribution in [-0.2, 0) is 0 Å². The van der Waals surface area contributed by atoms with E-state index >= 15 is 0 Å². The van der Waals surface area contributed by atoms with Gasteiger partial charge in [-0.15, -0.1) is 0 Å². The number of anilines is 2. The maximum Gasteiger partial charge on any atom is 0.258 e. The van der Waals surface area contributed by atoms with E-state index in [-0.39, 0.29) is 5.91 Å². The van der Waals surface area contributed by atoms with Crippen molar-refractivity contribution in [3.05, 3.63) is 88.6 Å². The number of aromatic nitrogens is 1. The predicted octanol–water partition coefficient (Wildman–Crippen LogP) is 6.18. The van der Waals surface area contributed by atoms with E-state index < -0.39 is 0 Å². The number of aryl methyl sites for hydroxylation is 1. The highest BCUT2D eigenvalue weighted by atomic mass is 35.5. The van der Waals surface area contributed by atoms with E-state index in [2.05, 4.69) is 58.6 Å². The summed E-state index contributed by atoms with van der Waals surface area (Å²) < 4.78 is 0. The van der Waals surface area contributed by atoms with Crippen molar-refractivity contribution in [3.8, 4) is 0 Å². The zero-order chi connectivity index (χ0) is 23.2. The molecule has 172 valence electrons. The molecule has 1 aliphatic rings. The van der Waals surface area contributed by atoms with Gasteiger partial charge < -0.3 is 10.6 Å². The summed E-state index contributed by atoms with van der Waals surface area (Å²) in [6.45, 7) is 7.46. The quantitative estimate of drug-likeness (QED) is 0.440. The van der Waals surface area contributed by atoms with Gasteiger partial charge in [0.05, 0.1) is 10.6 Å². The number of likely N-dealkylation sites (tertiary alicyclic amines) is 1. The highest BCUT2D eigenvalue weighted by Gasteiger charge is 2.24. The first-order valence-corrected chi connectivity index (χ1v) is 11.9. The van der Waals surface area contributed by atoms with Crippen LogP contribution in [0.4, 0.5) is 11.5 Å². The van der Waals surface area contributed by atoms with Crippen LogP contribution in [0.1, 0.15) is 47.3 Å². The molecule has 0 spiro atoms. The van der Waals surface area contributed by atoms with Crippen LogP contribution in [0.5, 0.6) is 0 Å².